The molecule has 1 saturated heterocycles. The summed E-state index contributed by atoms with van der Waals surface area (Å²) in [6.07, 6.45) is 2.27. The molecule has 0 bridgehead atoms. The van der Waals surface area contributed by atoms with Crippen molar-refractivity contribution < 1.29 is 14.6 Å². The summed E-state index contributed by atoms with van der Waals surface area (Å²) in [6, 6.07) is 4.64. The van der Waals surface area contributed by atoms with Crippen molar-refractivity contribution in [3.63, 3.8) is 0 Å². The summed E-state index contributed by atoms with van der Waals surface area (Å²) >= 11 is 0. The van der Waals surface area contributed by atoms with Crippen molar-refractivity contribution in [2.75, 3.05) is 26.7 Å². The van der Waals surface area contributed by atoms with Crippen molar-refractivity contribution in [1.29, 1.82) is 0 Å². The van der Waals surface area contributed by atoms with Crippen molar-refractivity contribution in [3.8, 4) is 11.5 Å². The molecule has 0 saturated carbocycles. The van der Waals surface area contributed by atoms with Crippen LogP contribution in [-0.2, 0) is 0 Å². The Hall–Kier alpha value is -1.75. The molecule has 1 fully saturated rings. The minimum atomic E-state index is -0.262. The Morgan fingerprint density at radius 3 is 3.11 bits per heavy atom. The number of aromatic hydroxyl groups is 1. The lowest BCUT2D eigenvalue weighted by molar-refractivity contribution is 0.0942. The van der Waals surface area contributed by atoms with Gasteiger partial charge in [0.1, 0.15) is 11.5 Å². The van der Waals surface area contributed by atoms with E-state index in [1.54, 1.807) is 12.1 Å². The minimum absolute atomic E-state index is 0.0277. The Balaban J connectivity index is 1.95. The van der Waals surface area contributed by atoms with Gasteiger partial charge >= 0.3 is 0 Å². The third kappa shape index (κ3) is 3.61. The van der Waals surface area contributed by atoms with E-state index in [1.165, 1.54) is 13.2 Å². The van der Waals surface area contributed by atoms with Crippen LogP contribution < -0.4 is 15.4 Å². The van der Waals surface area contributed by atoms with Crippen molar-refractivity contribution in [2.24, 2.45) is 5.92 Å². The molecule has 0 spiro atoms. The summed E-state index contributed by atoms with van der Waals surface area (Å²) in [5.74, 6) is 0.731. The molecule has 1 aromatic carbocycles. The van der Waals surface area contributed by atoms with Gasteiger partial charge in [0.2, 0.25) is 0 Å². The van der Waals surface area contributed by atoms with Crippen molar-refractivity contribution in [3.05, 3.63) is 23.8 Å². The van der Waals surface area contributed by atoms with Crippen LogP contribution in [0.4, 0.5) is 0 Å². The SMILES string of the molecule is COc1ccc(O)c(C(=O)NCC2CCCNC2)c1. The van der Waals surface area contributed by atoms with Crippen LogP contribution in [0.15, 0.2) is 18.2 Å². The molecular formula is C14H20N2O3. The van der Waals surface area contributed by atoms with Crippen LogP contribution in [-0.4, -0.2) is 37.8 Å². The average Bonchev–Trinajstić information content (AvgIpc) is 2.46. The Morgan fingerprint density at radius 2 is 2.42 bits per heavy atom. The van der Waals surface area contributed by atoms with E-state index in [0.717, 1.165) is 25.9 Å². The number of hydrogen-bond donors (Lipinski definition) is 3. The van der Waals surface area contributed by atoms with Gasteiger partial charge in [-0.15, -0.1) is 0 Å². The maximum atomic E-state index is 12.0. The first kappa shape index (κ1) is 13.7. The lowest BCUT2D eigenvalue weighted by Crippen LogP contribution is -2.38. The Labute approximate surface area is 113 Å². The van der Waals surface area contributed by atoms with Crippen LogP contribution in [0.5, 0.6) is 11.5 Å². The van der Waals surface area contributed by atoms with Crippen LogP contribution in [0.3, 0.4) is 0 Å². The number of ether oxygens (including phenoxy) is 1. The molecule has 5 nitrogen and oxygen atoms in total. The maximum Gasteiger partial charge on any atom is 0.255 e. The lowest BCUT2D eigenvalue weighted by Gasteiger charge is -2.22. The predicted molar refractivity (Wildman–Crippen MR) is 72.6 cm³/mol. The first-order valence-corrected chi connectivity index (χ1v) is 6.56. The van der Waals surface area contributed by atoms with Crippen LogP contribution in [0, 0.1) is 5.92 Å². The first-order valence-electron chi connectivity index (χ1n) is 6.56. The highest BCUT2D eigenvalue weighted by molar-refractivity contribution is 5.97. The molecule has 1 aliphatic heterocycles. The van der Waals surface area contributed by atoms with E-state index in [-0.39, 0.29) is 17.2 Å². The average molecular weight is 264 g/mol. The summed E-state index contributed by atoms with van der Waals surface area (Å²) in [5.41, 5.74) is 0.253. The summed E-state index contributed by atoms with van der Waals surface area (Å²) in [7, 11) is 1.53. The predicted octanol–water partition coefficient (Wildman–Crippen LogP) is 1.13. The van der Waals surface area contributed by atoms with Gasteiger partial charge < -0.3 is 20.5 Å². The van der Waals surface area contributed by atoms with E-state index in [1.807, 2.05) is 0 Å². The summed E-state index contributed by atoms with van der Waals surface area (Å²) in [6.45, 7) is 2.62. The van der Waals surface area contributed by atoms with E-state index in [0.29, 0.717) is 18.2 Å². The van der Waals surface area contributed by atoms with Gasteiger partial charge in [-0.3, -0.25) is 4.79 Å². The molecule has 1 unspecified atom stereocenters. The van der Waals surface area contributed by atoms with Gasteiger partial charge in [-0.25, -0.2) is 0 Å². The topological polar surface area (TPSA) is 70.6 Å². The number of hydrogen-bond acceptors (Lipinski definition) is 4. The number of phenolic OH excluding ortho intramolecular Hbond substituents is 1. The maximum absolute atomic E-state index is 12.0. The number of amides is 1. The highest BCUT2D eigenvalue weighted by atomic mass is 16.5. The highest BCUT2D eigenvalue weighted by Crippen LogP contribution is 2.22. The molecule has 5 heteroatoms. The second kappa shape index (κ2) is 6.43. The minimum Gasteiger partial charge on any atom is -0.507 e. The Morgan fingerprint density at radius 1 is 1.58 bits per heavy atom. The summed E-state index contributed by atoms with van der Waals surface area (Å²) in [4.78, 5) is 12.0. The first-order chi connectivity index (χ1) is 9.20. The number of methoxy groups -OCH3 is 1. The molecule has 0 aliphatic carbocycles. The van der Waals surface area contributed by atoms with E-state index < -0.39 is 0 Å². The van der Waals surface area contributed by atoms with Crippen molar-refractivity contribution in [1.82, 2.24) is 10.6 Å². The molecule has 104 valence electrons. The van der Waals surface area contributed by atoms with Crippen LogP contribution in [0.2, 0.25) is 0 Å². The number of phenols is 1. The van der Waals surface area contributed by atoms with E-state index >= 15 is 0 Å². The molecule has 1 atom stereocenters. The highest BCUT2D eigenvalue weighted by Gasteiger charge is 2.16. The zero-order chi connectivity index (χ0) is 13.7. The number of carbonyl (C=O) groups excluding carboxylic acids is 1. The normalized spacial score (nSPS) is 18.9. The lowest BCUT2D eigenvalue weighted by atomic mass is 9.99. The monoisotopic (exact) mass is 264 g/mol. The van der Waals surface area contributed by atoms with Gasteiger partial charge in [0, 0.05) is 6.54 Å². The Bertz CT molecular complexity index is 442. The molecule has 1 aliphatic rings. The Kier molecular flexibility index (Phi) is 4.63. The third-order valence-corrected chi connectivity index (χ3v) is 3.40. The quantitative estimate of drug-likeness (QED) is 0.762. The van der Waals surface area contributed by atoms with Crippen molar-refractivity contribution >= 4 is 5.91 Å². The fraction of sp³-hybridized carbons (Fsp3) is 0.500. The molecule has 2 rings (SSSR count). The van der Waals surface area contributed by atoms with Gasteiger partial charge in [0.25, 0.3) is 5.91 Å². The number of carbonyl (C=O) groups is 1. The molecule has 1 heterocycles. The largest absolute Gasteiger partial charge is 0.507 e. The summed E-state index contributed by atoms with van der Waals surface area (Å²) < 4.78 is 5.05. The van der Waals surface area contributed by atoms with E-state index in [9.17, 15) is 9.90 Å². The summed E-state index contributed by atoms with van der Waals surface area (Å²) in [5, 5.41) is 15.9. The zero-order valence-corrected chi connectivity index (χ0v) is 11.1. The second-order valence-electron chi connectivity index (χ2n) is 4.81. The van der Waals surface area contributed by atoms with Gasteiger partial charge in [0.05, 0.1) is 12.7 Å². The molecule has 3 N–H and O–H groups in total. The molecule has 0 radical (unpaired) electrons. The molecule has 19 heavy (non-hydrogen) atoms. The van der Waals surface area contributed by atoms with Gasteiger partial charge in [0.15, 0.2) is 0 Å². The van der Waals surface area contributed by atoms with Gasteiger partial charge in [-0.05, 0) is 50.0 Å². The standard InChI is InChI=1S/C14H20N2O3/c1-19-11-4-5-13(17)12(7-11)14(18)16-9-10-3-2-6-15-8-10/h4-5,7,10,15,17H,2-3,6,8-9H2,1H3,(H,16,18). The fourth-order valence-electron chi connectivity index (χ4n) is 2.25. The number of rotatable bonds is 4. The van der Waals surface area contributed by atoms with Crippen LogP contribution >= 0.6 is 0 Å². The zero-order valence-electron chi connectivity index (χ0n) is 11.1. The van der Waals surface area contributed by atoms with E-state index in [4.69, 9.17) is 4.74 Å². The molecule has 1 amide bonds. The molecule has 0 aromatic heterocycles. The number of benzene rings is 1. The van der Waals surface area contributed by atoms with Crippen LogP contribution in [0.1, 0.15) is 23.2 Å². The van der Waals surface area contributed by atoms with Gasteiger partial charge in [-0.2, -0.15) is 0 Å². The third-order valence-electron chi connectivity index (χ3n) is 3.40. The fourth-order valence-corrected chi connectivity index (χ4v) is 2.25. The van der Waals surface area contributed by atoms with Gasteiger partial charge in [-0.1, -0.05) is 0 Å². The number of piperidine rings is 1. The molecule has 1 aromatic rings. The van der Waals surface area contributed by atoms with Crippen molar-refractivity contribution in [2.45, 2.75) is 12.8 Å². The molecular weight excluding hydrogens is 244 g/mol. The van der Waals surface area contributed by atoms with E-state index in [2.05, 4.69) is 10.6 Å². The second-order valence-corrected chi connectivity index (χ2v) is 4.81. The van der Waals surface area contributed by atoms with Crippen LogP contribution in [0.25, 0.3) is 0 Å². The number of nitrogens with one attached hydrogen (secondary N) is 2. The smallest absolute Gasteiger partial charge is 0.255 e.